The Kier molecular flexibility index (Phi) is 7.01. The first-order valence-corrected chi connectivity index (χ1v) is 8.76. The number of hydrogen-bond donors (Lipinski definition) is 2. The summed E-state index contributed by atoms with van der Waals surface area (Å²) in [4.78, 5) is 25.6. The highest BCUT2D eigenvalue weighted by Gasteiger charge is 2.41. The van der Waals surface area contributed by atoms with Crippen molar-refractivity contribution in [1.29, 1.82) is 0 Å². The summed E-state index contributed by atoms with van der Waals surface area (Å²) in [7, 11) is 3.82. The van der Waals surface area contributed by atoms with Crippen molar-refractivity contribution in [2.24, 2.45) is 0 Å². The van der Waals surface area contributed by atoms with Gasteiger partial charge in [0, 0.05) is 25.6 Å². The van der Waals surface area contributed by atoms with Crippen LogP contribution in [0.4, 0.5) is 13.2 Å². The number of methoxy groups -OCH3 is 3. The summed E-state index contributed by atoms with van der Waals surface area (Å²) in [5, 5.41) is 8.90. The summed E-state index contributed by atoms with van der Waals surface area (Å²) in [6.45, 7) is 0.0313. The van der Waals surface area contributed by atoms with E-state index in [2.05, 4.69) is 0 Å². The third-order valence-electron chi connectivity index (χ3n) is 4.19. The molecule has 1 fully saturated rings. The van der Waals surface area contributed by atoms with Crippen LogP contribution in [0.3, 0.4) is 0 Å². The number of carbonyl (C=O) groups excluding carboxylic acids is 2. The molecule has 0 aliphatic carbocycles. The molecule has 1 saturated heterocycles. The molecule has 1 aromatic rings. The van der Waals surface area contributed by atoms with Gasteiger partial charge in [-0.3, -0.25) is 14.8 Å². The molecule has 156 valence electrons. The topological polar surface area (TPSA) is 97.3 Å². The number of alkyl halides is 3. The molecule has 1 heterocycles. The highest BCUT2D eigenvalue weighted by atomic mass is 32.2. The Morgan fingerprint density at radius 2 is 1.93 bits per heavy atom. The summed E-state index contributed by atoms with van der Waals surface area (Å²) >= 11 is -0.447. The van der Waals surface area contributed by atoms with Gasteiger partial charge in [0.15, 0.2) is 11.5 Å². The van der Waals surface area contributed by atoms with Crippen LogP contribution in [0.15, 0.2) is 17.0 Å². The number of likely N-dealkylation sites (tertiary alicyclic amines) is 1. The molecule has 2 N–H and O–H groups in total. The molecule has 0 spiro atoms. The molecule has 0 bridgehead atoms. The fraction of sp³-hybridized carbons (Fsp3) is 0.500. The zero-order chi connectivity index (χ0) is 21.1. The molecule has 12 heteroatoms. The molecule has 0 aromatic heterocycles. The second-order valence-corrected chi connectivity index (χ2v) is 6.91. The summed E-state index contributed by atoms with van der Waals surface area (Å²) in [6, 6.07) is 1.22. The van der Waals surface area contributed by atoms with Crippen LogP contribution in [0.5, 0.6) is 11.5 Å². The highest BCUT2D eigenvalue weighted by Crippen LogP contribution is 2.46. The van der Waals surface area contributed by atoms with E-state index in [1.54, 1.807) is 0 Å². The van der Waals surface area contributed by atoms with Crippen molar-refractivity contribution < 1.29 is 42.2 Å². The molecule has 1 aliphatic rings. The van der Waals surface area contributed by atoms with Crippen LogP contribution in [0.25, 0.3) is 0 Å². The van der Waals surface area contributed by atoms with Gasteiger partial charge in [-0.15, -0.1) is 0 Å². The van der Waals surface area contributed by atoms with Gasteiger partial charge in [0.2, 0.25) is 0 Å². The van der Waals surface area contributed by atoms with Gasteiger partial charge in [-0.1, -0.05) is 0 Å². The number of ether oxygens (including phenoxy) is 3. The van der Waals surface area contributed by atoms with Gasteiger partial charge in [-0.2, -0.15) is 13.2 Å². The average molecular weight is 424 g/mol. The zero-order valence-electron chi connectivity index (χ0n) is 15.2. The van der Waals surface area contributed by atoms with E-state index in [-0.39, 0.29) is 34.9 Å². The fourth-order valence-corrected chi connectivity index (χ4v) is 3.65. The normalized spacial score (nSPS) is 19.5. The second kappa shape index (κ2) is 8.88. The zero-order valence-corrected chi connectivity index (χ0v) is 16.0. The number of carbonyl (C=O) groups is 2. The van der Waals surface area contributed by atoms with E-state index in [0.717, 1.165) is 11.0 Å². The lowest BCUT2D eigenvalue weighted by atomic mass is 10.1. The predicted molar refractivity (Wildman–Crippen MR) is 91.6 cm³/mol. The Balaban J connectivity index is 2.46. The number of hydroxylamine groups is 1. The van der Waals surface area contributed by atoms with E-state index in [1.165, 1.54) is 32.9 Å². The minimum absolute atomic E-state index is 0.0313. The van der Waals surface area contributed by atoms with E-state index in [0.29, 0.717) is 0 Å². The van der Waals surface area contributed by atoms with Crippen molar-refractivity contribution in [2.45, 2.75) is 29.0 Å². The number of halogens is 3. The molecule has 0 unspecified atom stereocenters. The fourth-order valence-electron chi connectivity index (χ4n) is 2.93. The number of thioether (sulfide) groups is 1. The van der Waals surface area contributed by atoms with Gasteiger partial charge in [0.1, 0.15) is 6.04 Å². The predicted octanol–water partition coefficient (Wildman–Crippen LogP) is 2.05. The SMILES string of the molecule is COc1cc(C(=O)N2C[C@H](OC)C[C@@H]2C(=O)NO)cc(SC(F)(F)F)c1OC. The number of benzene rings is 1. The molecule has 1 aliphatic heterocycles. The van der Waals surface area contributed by atoms with Crippen LogP contribution in [0.2, 0.25) is 0 Å². The summed E-state index contributed by atoms with van der Waals surface area (Å²) < 4.78 is 54.0. The van der Waals surface area contributed by atoms with E-state index in [9.17, 15) is 22.8 Å². The number of nitrogens with zero attached hydrogens (tertiary/aromatic N) is 1. The smallest absolute Gasteiger partial charge is 0.446 e. The van der Waals surface area contributed by atoms with E-state index >= 15 is 0 Å². The average Bonchev–Trinajstić information content (AvgIpc) is 3.09. The maximum absolute atomic E-state index is 12.9. The lowest BCUT2D eigenvalue weighted by Gasteiger charge is -2.24. The van der Waals surface area contributed by atoms with Crippen molar-refractivity contribution in [3.63, 3.8) is 0 Å². The molecule has 2 atom stereocenters. The van der Waals surface area contributed by atoms with Crippen LogP contribution in [-0.4, -0.2) is 67.4 Å². The maximum Gasteiger partial charge on any atom is 0.446 e. The number of amides is 2. The van der Waals surface area contributed by atoms with Crippen molar-refractivity contribution in [1.82, 2.24) is 10.4 Å². The molecule has 1 aromatic carbocycles. The summed E-state index contributed by atoms with van der Waals surface area (Å²) in [5.74, 6) is -1.76. The van der Waals surface area contributed by atoms with Gasteiger partial charge in [-0.05, 0) is 23.9 Å². The lowest BCUT2D eigenvalue weighted by molar-refractivity contribution is -0.133. The Hall–Kier alpha value is -2.18. The molecular formula is C16H19F3N2O6S. The van der Waals surface area contributed by atoms with Crippen LogP contribution in [0.1, 0.15) is 16.8 Å². The Morgan fingerprint density at radius 1 is 1.25 bits per heavy atom. The molecule has 0 saturated carbocycles. The van der Waals surface area contributed by atoms with Crippen molar-refractivity contribution in [3.05, 3.63) is 17.7 Å². The third kappa shape index (κ3) is 4.80. The quantitative estimate of drug-likeness (QED) is 0.410. The Bertz CT molecular complexity index is 746. The Morgan fingerprint density at radius 3 is 2.43 bits per heavy atom. The van der Waals surface area contributed by atoms with Gasteiger partial charge in [0.05, 0.1) is 25.2 Å². The van der Waals surface area contributed by atoms with Gasteiger partial charge < -0.3 is 19.1 Å². The lowest BCUT2D eigenvalue weighted by Crippen LogP contribution is -2.45. The van der Waals surface area contributed by atoms with Gasteiger partial charge in [0.25, 0.3) is 11.8 Å². The standard InChI is InChI=1S/C16H19F3N2O6S/c1-25-9-6-10(14(22)20-24)21(7-9)15(23)8-4-11(26-2)13(27-3)12(5-8)28-16(17,18)19/h4-5,9-10,24H,6-7H2,1-3H3,(H,20,22)/t9-,10-/m1/s1. The number of nitrogens with one attached hydrogen (secondary N) is 1. The maximum atomic E-state index is 12.9. The molecule has 8 nitrogen and oxygen atoms in total. The van der Waals surface area contributed by atoms with Crippen molar-refractivity contribution in [2.75, 3.05) is 27.9 Å². The summed E-state index contributed by atoms with van der Waals surface area (Å²) in [6.07, 6.45) is -0.332. The van der Waals surface area contributed by atoms with Crippen LogP contribution in [0, 0.1) is 0 Å². The van der Waals surface area contributed by atoms with E-state index < -0.39 is 41.2 Å². The molecule has 2 amide bonds. The van der Waals surface area contributed by atoms with Crippen LogP contribution < -0.4 is 15.0 Å². The minimum Gasteiger partial charge on any atom is -0.493 e. The van der Waals surface area contributed by atoms with Crippen molar-refractivity contribution in [3.8, 4) is 11.5 Å². The monoisotopic (exact) mass is 424 g/mol. The van der Waals surface area contributed by atoms with Crippen LogP contribution >= 0.6 is 11.8 Å². The molecule has 2 rings (SSSR count). The number of rotatable bonds is 6. The van der Waals surface area contributed by atoms with Crippen molar-refractivity contribution >= 4 is 23.6 Å². The largest absolute Gasteiger partial charge is 0.493 e. The Labute approximate surface area is 162 Å². The summed E-state index contributed by atoms with van der Waals surface area (Å²) in [5.41, 5.74) is -3.26. The van der Waals surface area contributed by atoms with E-state index in [4.69, 9.17) is 19.4 Å². The first kappa shape index (κ1) is 22.1. The minimum atomic E-state index is -4.62. The van der Waals surface area contributed by atoms with Gasteiger partial charge >= 0.3 is 5.51 Å². The van der Waals surface area contributed by atoms with Crippen LogP contribution in [-0.2, 0) is 9.53 Å². The number of hydrogen-bond acceptors (Lipinski definition) is 7. The molecule has 28 heavy (non-hydrogen) atoms. The van der Waals surface area contributed by atoms with E-state index in [1.807, 2.05) is 0 Å². The third-order valence-corrected chi connectivity index (χ3v) is 4.94. The molecule has 0 radical (unpaired) electrons. The highest BCUT2D eigenvalue weighted by molar-refractivity contribution is 8.00. The molecular weight excluding hydrogens is 405 g/mol. The first-order chi connectivity index (χ1) is 13.1. The first-order valence-electron chi connectivity index (χ1n) is 7.94. The van der Waals surface area contributed by atoms with Gasteiger partial charge in [-0.25, -0.2) is 5.48 Å². The second-order valence-electron chi connectivity index (χ2n) is 5.80.